The van der Waals surface area contributed by atoms with E-state index in [1.54, 1.807) is 19.0 Å². The van der Waals surface area contributed by atoms with Crippen LogP contribution in [0.3, 0.4) is 0 Å². The Kier molecular flexibility index (Phi) is 4.49. The summed E-state index contributed by atoms with van der Waals surface area (Å²) in [5.74, 6) is 0.0860. The Bertz CT molecular complexity index is 346. The van der Waals surface area contributed by atoms with Gasteiger partial charge in [-0.25, -0.2) is 0 Å². The van der Waals surface area contributed by atoms with E-state index in [9.17, 15) is 4.79 Å². The standard InChI is InChI=1S/C11H20N4O/c1-5-15-8-10(7-13-15)6-12-9(2)11(16)14(3)4/h7-9,12H,5-6H2,1-4H3/t9-/m1/s1. The smallest absolute Gasteiger partial charge is 0.238 e. The minimum atomic E-state index is -0.167. The summed E-state index contributed by atoms with van der Waals surface area (Å²) in [7, 11) is 3.52. The van der Waals surface area contributed by atoms with Crippen molar-refractivity contribution in [1.82, 2.24) is 20.0 Å². The first kappa shape index (κ1) is 12.7. The van der Waals surface area contributed by atoms with Crippen LogP contribution in [-0.4, -0.2) is 40.7 Å². The third-order valence-electron chi connectivity index (χ3n) is 2.43. The molecular formula is C11H20N4O. The maximum Gasteiger partial charge on any atom is 0.238 e. The summed E-state index contributed by atoms with van der Waals surface area (Å²) in [6, 6.07) is -0.167. The topological polar surface area (TPSA) is 50.2 Å². The summed E-state index contributed by atoms with van der Waals surface area (Å²) in [6.45, 7) is 5.45. The lowest BCUT2D eigenvalue weighted by atomic mass is 10.2. The molecule has 16 heavy (non-hydrogen) atoms. The van der Waals surface area contributed by atoms with Crippen LogP contribution < -0.4 is 5.32 Å². The third kappa shape index (κ3) is 3.34. The van der Waals surface area contributed by atoms with Crippen LogP contribution in [0.25, 0.3) is 0 Å². The zero-order valence-corrected chi connectivity index (χ0v) is 10.4. The molecule has 5 nitrogen and oxygen atoms in total. The van der Waals surface area contributed by atoms with Gasteiger partial charge in [-0.3, -0.25) is 9.48 Å². The lowest BCUT2D eigenvalue weighted by Gasteiger charge is -2.17. The molecule has 1 rings (SSSR count). The molecule has 1 amide bonds. The maximum absolute atomic E-state index is 11.6. The fourth-order valence-corrected chi connectivity index (χ4v) is 1.42. The van der Waals surface area contributed by atoms with E-state index in [-0.39, 0.29) is 11.9 Å². The van der Waals surface area contributed by atoms with Gasteiger partial charge in [0.1, 0.15) is 0 Å². The van der Waals surface area contributed by atoms with E-state index >= 15 is 0 Å². The van der Waals surface area contributed by atoms with Gasteiger partial charge in [0.05, 0.1) is 12.2 Å². The van der Waals surface area contributed by atoms with E-state index in [2.05, 4.69) is 10.4 Å². The molecule has 90 valence electrons. The van der Waals surface area contributed by atoms with Gasteiger partial charge < -0.3 is 10.2 Å². The molecule has 0 saturated heterocycles. The summed E-state index contributed by atoms with van der Waals surface area (Å²) in [4.78, 5) is 13.2. The van der Waals surface area contributed by atoms with Crippen molar-refractivity contribution in [3.8, 4) is 0 Å². The second-order valence-corrected chi connectivity index (χ2v) is 4.04. The van der Waals surface area contributed by atoms with E-state index in [0.717, 1.165) is 12.1 Å². The molecule has 1 aromatic heterocycles. The Morgan fingerprint density at radius 3 is 2.81 bits per heavy atom. The second-order valence-electron chi connectivity index (χ2n) is 4.04. The van der Waals surface area contributed by atoms with E-state index < -0.39 is 0 Å². The van der Waals surface area contributed by atoms with E-state index in [1.165, 1.54) is 0 Å². The van der Waals surface area contributed by atoms with Gasteiger partial charge in [0.15, 0.2) is 0 Å². The molecule has 0 aliphatic rings. The minimum absolute atomic E-state index is 0.0860. The average Bonchev–Trinajstić information content (AvgIpc) is 2.72. The monoisotopic (exact) mass is 224 g/mol. The molecule has 0 unspecified atom stereocenters. The number of nitrogens with one attached hydrogen (secondary N) is 1. The van der Waals surface area contributed by atoms with E-state index in [4.69, 9.17) is 0 Å². The van der Waals surface area contributed by atoms with Crippen LogP contribution in [-0.2, 0) is 17.9 Å². The Labute approximate surface area is 96.4 Å². The molecule has 0 spiro atoms. The first-order valence-corrected chi connectivity index (χ1v) is 5.50. The number of hydrogen-bond acceptors (Lipinski definition) is 3. The van der Waals surface area contributed by atoms with Crippen LogP contribution >= 0.6 is 0 Å². The van der Waals surface area contributed by atoms with Gasteiger partial charge in [-0.2, -0.15) is 5.10 Å². The molecule has 0 fully saturated rings. The van der Waals surface area contributed by atoms with Crippen LogP contribution in [0, 0.1) is 0 Å². The van der Waals surface area contributed by atoms with E-state index in [1.807, 2.05) is 30.9 Å². The van der Waals surface area contributed by atoms with Crippen molar-refractivity contribution >= 4 is 5.91 Å². The van der Waals surface area contributed by atoms with Crippen molar-refractivity contribution < 1.29 is 4.79 Å². The van der Waals surface area contributed by atoms with Crippen molar-refractivity contribution in [1.29, 1.82) is 0 Å². The molecule has 0 bridgehead atoms. The normalized spacial score (nSPS) is 12.5. The van der Waals surface area contributed by atoms with Gasteiger partial charge >= 0.3 is 0 Å². The van der Waals surface area contributed by atoms with Crippen molar-refractivity contribution in [2.45, 2.75) is 33.0 Å². The number of aryl methyl sites for hydroxylation is 1. The molecule has 1 heterocycles. The molecule has 0 radical (unpaired) electrons. The molecule has 0 aromatic carbocycles. The number of carbonyl (C=O) groups is 1. The highest BCUT2D eigenvalue weighted by Crippen LogP contribution is 1.98. The number of likely N-dealkylation sites (N-methyl/N-ethyl adjacent to an activating group) is 1. The van der Waals surface area contributed by atoms with Crippen molar-refractivity contribution in [3.05, 3.63) is 18.0 Å². The van der Waals surface area contributed by atoms with Gasteiger partial charge in [0.2, 0.25) is 5.91 Å². The van der Waals surface area contributed by atoms with Crippen molar-refractivity contribution in [3.63, 3.8) is 0 Å². The SMILES string of the molecule is CCn1cc(CN[C@H](C)C(=O)N(C)C)cn1. The second kappa shape index (κ2) is 5.65. The summed E-state index contributed by atoms with van der Waals surface area (Å²) >= 11 is 0. The lowest BCUT2D eigenvalue weighted by Crippen LogP contribution is -2.41. The number of carbonyl (C=O) groups excluding carboxylic acids is 1. The average molecular weight is 224 g/mol. The molecule has 5 heteroatoms. The van der Waals surface area contributed by atoms with Crippen LogP contribution in [0.1, 0.15) is 19.4 Å². The summed E-state index contributed by atoms with van der Waals surface area (Å²) in [6.07, 6.45) is 3.81. The predicted octanol–water partition coefficient (Wildman–Crippen LogP) is 0.469. The molecule has 0 saturated carbocycles. The van der Waals surface area contributed by atoms with Crippen LogP contribution in [0.2, 0.25) is 0 Å². The fourth-order valence-electron chi connectivity index (χ4n) is 1.42. The molecular weight excluding hydrogens is 204 g/mol. The van der Waals surface area contributed by atoms with Crippen LogP contribution in [0.5, 0.6) is 0 Å². The Hall–Kier alpha value is -1.36. The minimum Gasteiger partial charge on any atom is -0.347 e. The van der Waals surface area contributed by atoms with Crippen molar-refractivity contribution in [2.75, 3.05) is 14.1 Å². The maximum atomic E-state index is 11.6. The summed E-state index contributed by atoms with van der Waals surface area (Å²) in [5, 5.41) is 7.35. The van der Waals surface area contributed by atoms with Crippen molar-refractivity contribution in [2.24, 2.45) is 0 Å². The largest absolute Gasteiger partial charge is 0.347 e. The van der Waals surface area contributed by atoms with Gasteiger partial charge in [0.25, 0.3) is 0 Å². The molecule has 0 aliphatic carbocycles. The number of rotatable bonds is 5. The van der Waals surface area contributed by atoms with Gasteiger partial charge in [-0.1, -0.05) is 0 Å². The molecule has 1 aromatic rings. The number of nitrogens with zero attached hydrogens (tertiary/aromatic N) is 3. The van der Waals surface area contributed by atoms with Gasteiger partial charge in [-0.15, -0.1) is 0 Å². The fraction of sp³-hybridized carbons (Fsp3) is 0.636. The van der Waals surface area contributed by atoms with Gasteiger partial charge in [-0.05, 0) is 13.8 Å². The lowest BCUT2D eigenvalue weighted by molar-refractivity contribution is -0.130. The predicted molar refractivity (Wildman–Crippen MR) is 62.9 cm³/mol. The number of amides is 1. The Morgan fingerprint density at radius 2 is 2.31 bits per heavy atom. The molecule has 1 atom stereocenters. The Morgan fingerprint density at radius 1 is 1.62 bits per heavy atom. The highest BCUT2D eigenvalue weighted by atomic mass is 16.2. The summed E-state index contributed by atoms with van der Waals surface area (Å²) < 4.78 is 1.87. The first-order valence-electron chi connectivity index (χ1n) is 5.50. The van der Waals surface area contributed by atoms with Gasteiger partial charge in [0, 0.05) is 38.9 Å². The Balaban J connectivity index is 2.42. The van der Waals surface area contributed by atoms with E-state index in [0.29, 0.717) is 6.54 Å². The summed E-state index contributed by atoms with van der Waals surface area (Å²) in [5.41, 5.74) is 1.10. The first-order chi connectivity index (χ1) is 7.54. The quantitative estimate of drug-likeness (QED) is 0.791. The van der Waals surface area contributed by atoms with Crippen LogP contribution in [0.15, 0.2) is 12.4 Å². The molecule has 0 aliphatic heterocycles. The zero-order chi connectivity index (χ0) is 12.1. The number of aromatic nitrogens is 2. The third-order valence-corrected chi connectivity index (χ3v) is 2.43. The molecule has 1 N–H and O–H groups in total. The highest BCUT2D eigenvalue weighted by molar-refractivity contribution is 5.80. The van der Waals surface area contributed by atoms with Crippen LogP contribution in [0.4, 0.5) is 0 Å². The number of hydrogen-bond donors (Lipinski definition) is 1. The zero-order valence-electron chi connectivity index (χ0n) is 10.4. The highest BCUT2D eigenvalue weighted by Gasteiger charge is 2.13.